The van der Waals surface area contributed by atoms with Crippen LogP contribution in [-0.4, -0.2) is 45.9 Å². The van der Waals surface area contributed by atoms with Crippen molar-refractivity contribution in [3.05, 3.63) is 66.7 Å². The van der Waals surface area contributed by atoms with Gasteiger partial charge in [0, 0.05) is 19.2 Å². The van der Waals surface area contributed by atoms with Gasteiger partial charge in [-0.05, 0) is 17.7 Å². The molecular formula is C20H24N2O5S. The van der Waals surface area contributed by atoms with Crippen LogP contribution in [0.25, 0.3) is 0 Å². The number of amides is 1. The second kappa shape index (κ2) is 9.91. The molecule has 0 aliphatic carbocycles. The number of nitrogens with zero attached hydrogens (tertiary/aromatic N) is 1. The second-order valence-electron chi connectivity index (χ2n) is 5.87. The third kappa shape index (κ3) is 5.34. The van der Waals surface area contributed by atoms with Crippen molar-refractivity contribution in [2.75, 3.05) is 27.3 Å². The number of sulfonamides is 1. The summed E-state index contributed by atoms with van der Waals surface area (Å²) in [6.07, 6.45) is 1.53. The van der Waals surface area contributed by atoms with Gasteiger partial charge < -0.3 is 14.8 Å². The molecule has 2 aromatic rings. The molecular weight excluding hydrogens is 380 g/mol. The van der Waals surface area contributed by atoms with Crippen molar-refractivity contribution in [3.63, 3.8) is 0 Å². The number of carbonyl (C=O) groups excluding carboxylic acids is 1. The molecule has 0 saturated heterocycles. The number of rotatable bonds is 10. The summed E-state index contributed by atoms with van der Waals surface area (Å²) in [5.41, 5.74) is 0.759. The Hall–Kier alpha value is -2.84. The average Bonchev–Trinajstić information content (AvgIpc) is 2.71. The third-order valence-corrected chi connectivity index (χ3v) is 5.79. The summed E-state index contributed by atoms with van der Waals surface area (Å²) in [5, 5.41) is 2.60. The van der Waals surface area contributed by atoms with Gasteiger partial charge in [0.15, 0.2) is 0 Å². The highest BCUT2D eigenvalue weighted by molar-refractivity contribution is 7.89. The molecule has 28 heavy (non-hydrogen) atoms. The summed E-state index contributed by atoms with van der Waals surface area (Å²) < 4.78 is 38.1. The van der Waals surface area contributed by atoms with E-state index in [-0.39, 0.29) is 30.3 Å². The summed E-state index contributed by atoms with van der Waals surface area (Å²) in [4.78, 5) is 12.2. The molecule has 0 bridgehead atoms. The summed E-state index contributed by atoms with van der Waals surface area (Å²) >= 11 is 0. The van der Waals surface area contributed by atoms with Crippen LogP contribution in [0.2, 0.25) is 0 Å². The molecule has 2 aromatic carbocycles. The largest absolute Gasteiger partial charge is 0.497 e. The highest BCUT2D eigenvalue weighted by atomic mass is 32.2. The normalized spacial score (nSPS) is 11.1. The van der Waals surface area contributed by atoms with Crippen molar-refractivity contribution in [2.24, 2.45) is 0 Å². The van der Waals surface area contributed by atoms with Crippen LogP contribution >= 0.6 is 0 Å². The van der Waals surface area contributed by atoms with Gasteiger partial charge in [-0.2, -0.15) is 4.31 Å². The zero-order valence-electron chi connectivity index (χ0n) is 15.9. The van der Waals surface area contributed by atoms with Gasteiger partial charge >= 0.3 is 0 Å². The summed E-state index contributed by atoms with van der Waals surface area (Å²) in [6.45, 7) is 3.50. The van der Waals surface area contributed by atoms with E-state index < -0.39 is 15.9 Å². The van der Waals surface area contributed by atoms with Crippen molar-refractivity contribution in [2.45, 2.75) is 11.4 Å². The van der Waals surface area contributed by atoms with Crippen LogP contribution in [0.5, 0.6) is 11.5 Å². The molecule has 0 aromatic heterocycles. The maximum Gasteiger partial charge on any atom is 0.247 e. The van der Waals surface area contributed by atoms with E-state index >= 15 is 0 Å². The number of ether oxygens (including phenoxy) is 2. The number of methoxy groups -OCH3 is 2. The predicted molar refractivity (Wildman–Crippen MR) is 107 cm³/mol. The third-order valence-electron chi connectivity index (χ3n) is 3.95. The molecule has 150 valence electrons. The first-order chi connectivity index (χ1) is 13.4. The standard InChI is InChI=1S/C20H24N2O5S/c1-4-12-21-20(23)15-22(14-16-8-6-5-7-9-16)28(24,25)19-11-10-17(26-2)13-18(19)27-3/h4-11,13H,1,12,14-15H2,2-3H3,(H,21,23). The van der Waals surface area contributed by atoms with E-state index in [1.54, 1.807) is 12.1 Å². The van der Waals surface area contributed by atoms with Gasteiger partial charge in [-0.25, -0.2) is 8.42 Å². The minimum atomic E-state index is -4.02. The molecule has 0 unspecified atom stereocenters. The highest BCUT2D eigenvalue weighted by Crippen LogP contribution is 2.31. The SMILES string of the molecule is C=CCNC(=O)CN(Cc1ccccc1)S(=O)(=O)c1ccc(OC)cc1OC. The summed E-state index contributed by atoms with van der Waals surface area (Å²) in [6, 6.07) is 13.5. The Balaban J connectivity index is 2.42. The van der Waals surface area contributed by atoms with Gasteiger partial charge in [0.05, 0.1) is 20.8 Å². The number of hydrogen-bond acceptors (Lipinski definition) is 5. The molecule has 0 atom stereocenters. The first kappa shape index (κ1) is 21.5. The van der Waals surface area contributed by atoms with Gasteiger partial charge in [0.2, 0.25) is 15.9 Å². The average molecular weight is 404 g/mol. The molecule has 1 N–H and O–H groups in total. The first-order valence-corrected chi connectivity index (χ1v) is 10.00. The Morgan fingerprint density at radius 2 is 1.86 bits per heavy atom. The molecule has 7 nitrogen and oxygen atoms in total. The second-order valence-corrected chi connectivity index (χ2v) is 7.77. The molecule has 0 fully saturated rings. The van der Waals surface area contributed by atoms with Crippen molar-refractivity contribution < 1.29 is 22.7 Å². The van der Waals surface area contributed by atoms with E-state index in [0.717, 1.165) is 9.87 Å². The quantitative estimate of drug-likeness (QED) is 0.614. The zero-order chi connectivity index (χ0) is 20.6. The van der Waals surface area contributed by atoms with E-state index in [4.69, 9.17) is 9.47 Å². The Morgan fingerprint density at radius 1 is 1.14 bits per heavy atom. The fourth-order valence-electron chi connectivity index (χ4n) is 2.54. The lowest BCUT2D eigenvalue weighted by atomic mass is 10.2. The van der Waals surface area contributed by atoms with Crippen LogP contribution in [0.1, 0.15) is 5.56 Å². The van der Waals surface area contributed by atoms with Gasteiger partial charge in [0.1, 0.15) is 16.4 Å². The monoisotopic (exact) mass is 404 g/mol. The molecule has 8 heteroatoms. The molecule has 0 saturated carbocycles. The van der Waals surface area contributed by atoms with Crippen LogP contribution in [0.3, 0.4) is 0 Å². The van der Waals surface area contributed by atoms with Crippen molar-refractivity contribution in [3.8, 4) is 11.5 Å². The Kier molecular flexibility index (Phi) is 7.60. The Morgan fingerprint density at radius 3 is 2.46 bits per heavy atom. The van der Waals surface area contributed by atoms with Crippen molar-refractivity contribution in [1.29, 1.82) is 0 Å². The highest BCUT2D eigenvalue weighted by Gasteiger charge is 2.30. The molecule has 0 aliphatic heterocycles. The molecule has 0 heterocycles. The lowest BCUT2D eigenvalue weighted by Gasteiger charge is -2.23. The molecule has 1 amide bonds. The molecule has 0 spiro atoms. The smallest absolute Gasteiger partial charge is 0.247 e. The first-order valence-electron chi connectivity index (χ1n) is 8.56. The maximum atomic E-state index is 13.3. The Labute approximate surface area is 165 Å². The van der Waals surface area contributed by atoms with E-state index in [0.29, 0.717) is 5.75 Å². The number of hydrogen-bond donors (Lipinski definition) is 1. The molecule has 0 aliphatic rings. The van der Waals surface area contributed by atoms with Crippen molar-refractivity contribution >= 4 is 15.9 Å². The molecule has 0 radical (unpaired) electrons. The van der Waals surface area contributed by atoms with Crippen LogP contribution in [0.15, 0.2) is 66.1 Å². The van der Waals surface area contributed by atoms with Crippen LogP contribution < -0.4 is 14.8 Å². The fourth-order valence-corrected chi connectivity index (χ4v) is 4.06. The zero-order valence-corrected chi connectivity index (χ0v) is 16.7. The lowest BCUT2D eigenvalue weighted by Crippen LogP contribution is -2.40. The van der Waals surface area contributed by atoms with E-state index in [1.165, 1.54) is 38.5 Å². The van der Waals surface area contributed by atoms with E-state index in [1.807, 2.05) is 18.2 Å². The number of nitrogens with one attached hydrogen (secondary N) is 1. The number of benzene rings is 2. The summed E-state index contributed by atoms with van der Waals surface area (Å²) in [5.74, 6) is 0.185. The summed E-state index contributed by atoms with van der Waals surface area (Å²) in [7, 11) is -1.16. The molecule has 2 rings (SSSR count). The number of carbonyl (C=O) groups is 1. The van der Waals surface area contributed by atoms with Gasteiger partial charge in [-0.3, -0.25) is 4.79 Å². The van der Waals surface area contributed by atoms with Crippen LogP contribution in [-0.2, 0) is 21.4 Å². The van der Waals surface area contributed by atoms with E-state index in [9.17, 15) is 13.2 Å². The lowest BCUT2D eigenvalue weighted by molar-refractivity contribution is -0.121. The predicted octanol–water partition coefficient (Wildman–Crippen LogP) is 2.20. The van der Waals surface area contributed by atoms with Crippen LogP contribution in [0, 0.1) is 0 Å². The Bertz CT molecular complexity index is 913. The van der Waals surface area contributed by atoms with E-state index in [2.05, 4.69) is 11.9 Å². The topological polar surface area (TPSA) is 84.9 Å². The van der Waals surface area contributed by atoms with Crippen LogP contribution in [0.4, 0.5) is 0 Å². The minimum absolute atomic E-state index is 0.0387. The van der Waals surface area contributed by atoms with Crippen molar-refractivity contribution in [1.82, 2.24) is 9.62 Å². The van der Waals surface area contributed by atoms with Gasteiger partial charge in [0.25, 0.3) is 0 Å². The maximum absolute atomic E-state index is 13.3. The fraction of sp³-hybridized carbons (Fsp3) is 0.250. The van der Waals surface area contributed by atoms with Gasteiger partial charge in [-0.1, -0.05) is 36.4 Å². The van der Waals surface area contributed by atoms with Gasteiger partial charge in [-0.15, -0.1) is 6.58 Å². The minimum Gasteiger partial charge on any atom is -0.497 e.